The van der Waals surface area contributed by atoms with Gasteiger partial charge in [0, 0.05) is 4.90 Å². The fourth-order valence-corrected chi connectivity index (χ4v) is 1.72. The van der Waals surface area contributed by atoms with E-state index in [9.17, 15) is 0 Å². The predicted molar refractivity (Wildman–Crippen MR) is 49.0 cm³/mol. The lowest BCUT2D eigenvalue weighted by atomic mass is 10.4. The molecular weight excluding hydrogens is 170 g/mol. The number of thioether (sulfide) groups is 1. The number of aryl methyl sites for hydroxylation is 1. The summed E-state index contributed by atoms with van der Waals surface area (Å²) in [5, 5.41) is 8.76. The topological polar surface area (TPSA) is 36.9 Å². The third-order valence-electron chi connectivity index (χ3n) is 1.60. The molecule has 12 heavy (non-hydrogen) atoms. The maximum Gasteiger partial charge on any atom is 0.114 e. The molecular formula is C9H11NOS. The van der Waals surface area contributed by atoms with Crippen molar-refractivity contribution in [1.82, 2.24) is 0 Å². The van der Waals surface area contributed by atoms with Gasteiger partial charge in [0.1, 0.15) is 5.76 Å². The molecule has 0 aliphatic heterocycles. The Morgan fingerprint density at radius 2 is 2.50 bits per heavy atom. The van der Waals surface area contributed by atoms with E-state index in [-0.39, 0.29) is 5.25 Å². The predicted octanol–water partition coefficient (Wildman–Crippen LogP) is 2.98. The second-order valence-corrected chi connectivity index (χ2v) is 3.73. The molecule has 0 aliphatic carbocycles. The molecule has 2 nitrogen and oxygen atoms in total. The fourth-order valence-electron chi connectivity index (χ4n) is 0.850. The summed E-state index contributed by atoms with van der Waals surface area (Å²) in [6.07, 6.45) is 2.52. The number of furan rings is 1. The number of hydrogen-bond acceptors (Lipinski definition) is 3. The first-order valence-corrected chi connectivity index (χ1v) is 4.76. The molecule has 1 atom stereocenters. The molecule has 1 heterocycles. The van der Waals surface area contributed by atoms with Crippen LogP contribution >= 0.6 is 11.8 Å². The Morgan fingerprint density at radius 3 is 2.92 bits per heavy atom. The van der Waals surface area contributed by atoms with Crippen LogP contribution in [0.3, 0.4) is 0 Å². The summed E-state index contributed by atoms with van der Waals surface area (Å²) in [5.41, 5.74) is 0. The van der Waals surface area contributed by atoms with Gasteiger partial charge in [-0.3, -0.25) is 0 Å². The summed E-state index contributed by atoms with van der Waals surface area (Å²) in [7, 11) is 0. The summed E-state index contributed by atoms with van der Waals surface area (Å²) < 4.78 is 5.12. The fraction of sp³-hybridized carbons (Fsp3) is 0.444. The van der Waals surface area contributed by atoms with Crippen molar-refractivity contribution in [3.8, 4) is 6.07 Å². The normalized spacial score (nSPS) is 12.4. The van der Waals surface area contributed by atoms with Gasteiger partial charge in [0.15, 0.2) is 0 Å². The zero-order chi connectivity index (χ0) is 8.97. The van der Waals surface area contributed by atoms with Gasteiger partial charge in [0.05, 0.1) is 17.6 Å². The summed E-state index contributed by atoms with van der Waals surface area (Å²) in [4.78, 5) is 1.07. The monoisotopic (exact) mass is 181 g/mol. The maximum absolute atomic E-state index is 8.71. The summed E-state index contributed by atoms with van der Waals surface area (Å²) in [6, 6.07) is 4.14. The van der Waals surface area contributed by atoms with Crippen molar-refractivity contribution in [3.63, 3.8) is 0 Å². The standard InChI is InChI=1S/C9H11NOS/c1-3-8(6-10)12-9-4-5-11-7(9)2/h4-5,8H,3H2,1-2H3. The number of nitrogens with zero attached hydrogens (tertiary/aromatic N) is 1. The second kappa shape index (κ2) is 4.22. The van der Waals surface area contributed by atoms with Crippen LogP contribution in [0.15, 0.2) is 21.6 Å². The molecule has 0 radical (unpaired) electrons. The van der Waals surface area contributed by atoms with Crippen molar-refractivity contribution in [3.05, 3.63) is 18.1 Å². The average Bonchev–Trinajstić information content (AvgIpc) is 2.47. The Balaban J connectivity index is 2.64. The van der Waals surface area contributed by atoms with E-state index in [4.69, 9.17) is 9.68 Å². The first kappa shape index (κ1) is 9.21. The molecule has 0 N–H and O–H groups in total. The van der Waals surface area contributed by atoms with E-state index in [1.54, 1.807) is 18.0 Å². The molecule has 1 unspecified atom stereocenters. The Morgan fingerprint density at radius 1 is 1.75 bits per heavy atom. The van der Waals surface area contributed by atoms with Gasteiger partial charge >= 0.3 is 0 Å². The highest BCUT2D eigenvalue weighted by atomic mass is 32.2. The summed E-state index contributed by atoms with van der Waals surface area (Å²) >= 11 is 1.57. The van der Waals surface area contributed by atoms with Crippen LogP contribution in [0, 0.1) is 18.3 Å². The first-order valence-electron chi connectivity index (χ1n) is 3.88. The SMILES string of the molecule is CCC(C#N)Sc1ccoc1C. The van der Waals surface area contributed by atoms with Crippen molar-refractivity contribution in [2.75, 3.05) is 0 Å². The zero-order valence-corrected chi connectivity index (χ0v) is 8.02. The molecule has 1 aromatic rings. The van der Waals surface area contributed by atoms with Crippen LogP contribution in [0.5, 0.6) is 0 Å². The minimum absolute atomic E-state index is 0.0429. The van der Waals surface area contributed by atoms with Gasteiger partial charge in [0.25, 0.3) is 0 Å². The van der Waals surface area contributed by atoms with E-state index in [1.165, 1.54) is 0 Å². The van der Waals surface area contributed by atoms with Crippen LogP contribution in [0.2, 0.25) is 0 Å². The quantitative estimate of drug-likeness (QED) is 0.673. The second-order valence-electron chi connectivity index (χ2n) is 2.48. The van der Waals surface area contributed by atoms with Crippen molar-refractivity contribution < 1.29 is 4.42 Å². The molecule has 0 spiro atoms. The third-order valence-corrected chi connectivity index (χ3v) is 3.00. The van der Waals surface area contributed by atoms with Gasteiger partial charge in [-0.2, -0.15) is 5.26 Å². The molecule has 0 fully saturated rings. The van der Waals surface area contributed by atoms with Crippen molar-refractivity contribution in [1.29, 1.82) is 5.26 Å². The molecule has 0 amide bonds. The van der Waals surface area contributed by atoms with Crippen LogP contribution in [0.4, 0.5) is 0 Å². The lowest BCUT2D eigenvalue weighted by Crippen LogP contribution is -1.94. The van der Waals surface area contributed by atoms with Crippen LogP contribution in [-0.4, -0.2) is 5.25 Å². The van der Waals surface area contributed by atoms with Gasteiger partial charge in [-0.1, -0.05) is 6.92 Å². The first-order chi connectivity index (χ1) is 5.77. The molecule has 3 heteroatoms. The Labute approximate surface area is 76.6 Å². The Bertz CT molecular complexity index is 287. The Hall–Kier alpha value is -0.880. The number of nitriles is 1. The lowest BCUT2D eigenvalue weighted by Gasteiger charge is -2.02. The van der Waals surface area contributed by atoms with Crippen LogP contribution in [0.1, 0.15) is 19.1 Å². The van der Waals surface area contributed by atoms with Crippen molar-refractivity contribution in [2.24, 2.45) is 0 Å². The number of rotatable bonds is 3. The maximum atomic E-state index is 8.71. The van der Waals surface area contributed by atoms with Crippen LogP contribution < -0.4 is 0 Å². The molecule has 1 rings (SSSR count). The molecule has 1 aromatic heterocycles. The van der Waals surface area contributed by atoms with Gasteiger partial charge in [0.2, 0.25) is 0 Å². The molecule has 64 valence electrons. The largest absolute Gasteiger partial charge is 0.468 e. The highest BCUT2D eigenvalue weighted by molar-refractivity contribution is 8.00. The van der Waals surface area contributed by atoms with E-state index < -0.39 is 0 Å². The highest BCUT2D eigenvalue weighted by Gasteiger charge is 2.09. The minimum atomic E-state index is 0.0429. The van der Waals surface area contributed by atoms with Gasteiger partial charge < -0.3 is 4.42 Å². The molecule has 0 bridgehead atoms. The van der Waals surface area contributed by atoms with E-state index in [0.717, 1.165) is 17.1 Å². The van der Waals surface area contributed by atoms with Crippen molar-refractivity contribution >= 4 is 11.8 Å². The molecule has 0 aromatic carbocycles. The molecule has 0 aliphatic rings. The van der Waals surface area contributed by atoms with Gasteiger partial charge in [-0.15, -0.1) is 11.8 Å². The van der Waals surface area contributed by atoms with Gasteiger partial charge in [-0.25, -0.2) is 0 Å². The molecule has 0 saturated carbocycles. The summed E-state index contributed by atoms with van der Waals surface area (Å²) in [6.45, 7) is 3.92. The minimum Gasteiger partial charge on any atom is -0.468 e. The smallest absolute Gasteiger partial charge is 0.114 e. The van der Waals surface area contributed by atoms with Gasteiger partial charge in [-0.05, 0) is 19.4 Å². The highest BCUT2D eigenvalue weighted by Crippen LogP contribution is 2.28. The van der Waals surface area contributed by atoms with E-state index in [1.807, 2.05) is 19.9 Å². The average molecular weight is 181 g/mol. The number of hydrogen-bond donors (Lipinski definition) is 0. The summed E-state index contributed by atoms with van der Waals surface area (Å²) in [5.74, 6) is 0.897. The van der Waals surface area contributed by atoms with Crippen molar-refractivity contribution in [2.45, 2.75) is 30.4 Å². The van der Waals surface area contributed by atoms with Crippen LogP contribution in [0.25, 0.3) is 0 Å². The van der Waals surface area contributed by atoms with E-state index in [0.29, 0.717) is 0 Å². The Kier molecular flexibility index (Phi) is 3.24. The van der Waals surface area contributed by atoms with E-state index in [2.05, 4.69) is 6.07 Å². The lowest BCUT2D eigenvalue weighted by molar-refractivity contribution is 0.527. The van der Waals surface area contributed by atoms with Crippen LogP contribution in [-0.2, 0) is 0 Å². The zero-order valence-electron chi connectivity index (χ0n) is 7.20. The third kappa shape index (κ3) is 2.05. The van der Waals surface area contributed by atoms with E-state index >= 15 is 0 Å². The molecule has 0 saturated heterocycles.